The lowest BCUT2D eigenvalue weighted by atomic mass is 10.2. The molecule has 0 aliphatic heterocycles. The molecular weight excluding hydrogens is 340 g/mol. The van der Waals surface area contributed by atoms with Crippen LogP contribution in [0, 0.1) is 0 Å². The molecule has 0 spiro atoms. The molecule has 0 fully saturated rings. The molecule has 2 N–H and O–H groups in total. The number of hydrogen-bond acceptors (Lipinski definition) is 4. The normalized spacial score (nSPS) is 20.6. The quantitative estimate of drug-likeness (QED) is 0.209. The number of hydrogen-bond donors (Lipinski definition) is 2. The summed E-state index contributed by atoms with van der Waals surface area (Å²) in [5.74, 6) is -0.600. The van der Waals surface area contributed by atoms with E-state index < -0.39 is 18.7 Å². The molecule has 1 unspecified atom stereocenters. The number of carbonyl (C=O) groups excluding carboxylic acids is 1. The summed E-state index contributed by atoms with van der Waals surface area (Å²) in [6, 6.07) is -1.09. The maximum atomic E-state index is 11.5. The highest BCUT2D eigenvalue weighted by Gasteiger charge is 2.06. The van der Waals surface area contributed by atoms with Crippen molar-refractivity contribution in [2.75, 3.05) is 13.2 Å². The lowest BCUT2D eigenvalue weighted by Gasteiger charge is -2.07. The van der Waals surface area contributed by atoms with Crippen LogP contribution in [0.1, 0.15) is 82.1 Å². The summed E-state index contributed by atoms with van der Waals surface area (Å²) in [5.41, 5.74) is 0. The van der Waals surface area contributed by atoms with Gasteiger partial charge in [-0.05, 0) is 44.9 Å². The van der Waals surface area contributed by atoms with E-state index in [0.717, 1.165) is 19.3 Å². The van der Waals surface area contributed by atoms with Gasteiger partial charge in [0, 0.05) is 6.42 Å². The van der Waals surface area contributed by atoms with Crippen LogP contribution in [0.15, 0.2) is 48.4 Å². The summed E-state index contributed by atoms with van der Waals surface area (Å²) in [4.78, 5) is 11.5. The fourth-order valence-electron chi connectivity index (χ4n) is 1.78. The molecule has 0 aliphatic carbocycles. The number of ether oxygens (including phenoxy) is 1. The lowest BCUT2D eigenvalue weighted by molar-refractivity contribution is -0.147. The SMILES string of the molecule is [2H]C(CCCC(=O)OCC(O)CO)=C([2H])C/C([2H])=C(/[2H])C/C([2H])=C(/[2H])C/C([2H])=C(/[2H])CCCCC. The third-order valence-corrected chi connectivity index (χ3v) is 3.27. The van der Waals surface area contributed by atoms with E-state index in [2.05, 4.69) is 0 Å². The van der Waals surface area contributed by atoms with Crippen LogP contribution in [0.3, 0.4) is 0 Å². The minimum absolute atomic E-state index is 0.0267. The lowest BCUT2D eigenvalue weighted by Crippen LogP contribution is -2.21. The molecular formula is C23H38O4. The first-order valence-corrected chi connectivity index (χ1v) is 9.48. The van der Waals surface area contributed by atoms with Crippen molar-refractivity contribution in [1.82, 2.24) is 0 Å². The summed E-state index contributed by atoms with van der Waals surface area (Å²) in [5, 5.41) is 17.8. The minimum Gasteiger partial charge on any atom is -0.463 e. The number of aliphatic hydroxyl groups excluding tert-OH is 2. The Bertz CT molecular complexity index is 805. The summed E-state index contributed by atoms with van der Waals surface area (Å²) in [6.07, 6.45) is 1.57. The van der Waals surface area contributed by atoms with E-state index in [4.69, 9.17) is 25.9 Å². The van der Waals surface area contributed by atoms with Gasteiger partial charge >= 0.3 is 5.97 Å². The van der Waals surface area contributed by atoms with Gasteiger partial charge in [-0.15, -0.1) is 0 Å². The number of rotatable bonds is 17. The van der Waals surface area contributed by atoms with Gasteiger partial charge in [-0.25, -0.2) is 0 Å². The number of allylic oxidation sites excluding steroid dienone is 8. The monoisotopic (exact) mass is 386 g/mol. The average Bonchev–Trinajstić information content (AvgIpc) is 2.81. The molecule has 0 heterocycles. The third-order valence-electron chi connectivity index (χ3n) is 3.27. The molecule has 0 radical (unpaired) electrons. The molecule has 0 rings (SSSR count). The van der Waals surface area contributed by atoms with Crippen molar-refractivity contribution in [1.29, 1.82) is 0 Å². The predicted molar refractivity (Wildman–Crippen MR) is 112 cm³/mol. The van der Waals surface area contributed by atoms with Crippen molar-refractivity contribution < 1.29 is 30.7 Å². The Balaban J connectivity index is 4.87. The summed E-state index contributed by atoms with van der Waals surface area (Å²) < 4.78 is 68.4. The van der Waals surface area contributed by atoms with Crippen LogP contribution in [0.5, 0.6) is 0 Å². The van der Waals surface area contributed by atoms with Gasteiger partial charge in [0.2, 0.25) is 0 Å². The fourth-order valence-corrected chi connectivity index (χ4v) is 1.78. The third kappa shape index (κ3) is 20.5. The van der Waals surface area contributed by atoms with E-state index in [-0.39, 0.29) is 93.5 Å². The average molecular weight is 387 g/mol. The summed E-state index contributed by atoms with van der Waals surface area (Å²) in [6.45, 7) is 1.19. The number of esters is 1. The van der Waals surface area contributed by atoms with Crippen molar-refractivity contribution in [3.8, 4) is 0 Å². The highest BCUT2D eigenvalue weighted by atomic mass is 16.5. The predicted octanol–water partition coefficient (Wildman–Crippen LogP) is 5.03. The van der Waals surface area contributed by atoms with Crippen LogP contribution >= 0.6 is 0 Å². The molecule has 0 saturated heterocycles. The van der Waals surface area contributed by atoms with E-state index >= 15 is 0 Å². The highest BCUT2D eigenvalue weighted by Crippen LogP contribution is 2.02. The molecule has 4 nitrogen and oxygen atoms in total. The number of carbonyl (C=O) groups is 1. The molecule has 1 atom stereocenters. The second kappa shape index (κ2) is 20.7. The molecule has 0 aliphatic rings. The maximum absolute atomic E-state index is 11.5. The van der Waals surface area contributed by atoms with Gasteiger partial charge in [0.05, 0.1) is 17.6 Å². The first kappa shape index (κ1) is 14.4. The van der Waals surface area contributed by atoms with Crippen molar-refractivity contribution in [3.05, 3.63) is 48.4 Å². The summed E-state index contributed by atoms with van der Waals surface area (Å²) in [7, 11) is 0. The largest absolute Gasteiger partial charge is 0.463 e. The minimum atomic E-state index is -1.15. The topological polar surface area (TPSA) is 66.8 Å². The fraction of sp³-hybridized carbons (Fsp3) is 0.609. The van der Waals surface area contributed by atoms with Crippen LogP contribution < -0.4 is 0 Å². The Morgan fingerprint density at radius 1 is 0.926 bits per heavy atom. The Morgan fingerprint density at radius 2 is 1.44 bits per heavy atom. The smallest absolute Gasteiger partial charge is 0.305 e. The maximum Gasteiger partial charge on any atom is 0.305 e. The zero-order chi connectivity index (χ0) is 27.0. The molecule has 0 amide bonds. The van der Waals surface area contributed by atoms with Crippen molar-refractivity contribution >= 4 is 5.97 Å². The second-order valence-electron chi connectivity index (χ2n) is 5.77. The molecule has 0 saturated carbocycles. The highest BCUT2D eigenvalue weighted by molar-refractivity contribution is 5.69. The second-order valence-corrected chi connectivity index (χ2v) is 5.77. The van der Waals surface area contributed by atoms with Crippen molar-refractivity contribution in [2.24, 2.45) is 0 Å². The number of aliphatic hydroxyl groups is 2. The van der Waals surface area contributed by atoms with Crippen LogP contribution in [-0.2, 0) is 9.53 Å². The van der Waals surface area contributed by atoms with Gasteiger partial charge in [-0.3, -0.25) is 4.79 Å². The van der Waals surface area contributed by atoms with Gasteiger partial charge in [-0.2, -0.15) is 0 Å². The first-order chi connectivity index (χ1) is 16.4. The van der Waals surface area contributed by atoms with Gasteiger partial charge in [0.1, 0.15) is 12.7 Å². The summed E-state index contributed by atoms with van der Waals surface area (Å²) >= 11 is 0. The van der Waals surface area contributed by atoms with Crippen LogP contribution in [0.4, 0.5) is 0 Å². The standard InChI is InChI=1S/C23H38O4/c1-2-3-4-5-6-7-8-9-10-11-12-13-14-15-16-17-18-19-23(26)27-21-22(25)20-24/h6-7,9-10,12-13,15-16,22,24-25H,2-5,8,11,14,17-21H2,1H3/b7-6-,10-9-,13-12-,16-15?/i6D,7D,9D,10D,12D,13D,15D,16D. The van der Waals surface area contributed by atoms with Crippen molar-refractivity contribution in [3.63, 3.8) is 0 Å². The van der Waals surface area contributed by atoms with Crippen LogP contribution in [0.2, 0.25) is 0 Å². The van der Waals surface area contributed by atoms with E-state index in [0.29, 0.717) is 6.42 Å². The first-order valence-electron chi connectivity index (χ1n) is 13.5. The molecule has 27 heavy (non-hydrogen) atoms. The van der Waals surface area contributed by atoms with Gasteiger partial charge in [-0.1, -0.05) is 68.2 Å². The van der Waals surface area contributed by atoms with Gasteiger partial charge in [0.25, 0.3) is 0 Å². The zero-order valence-electron chi connectivity index (χ0n) is 24.3. The molecule has 154 valence electrons. The molecule has 0 aromatic carbocycles. The Kier molecular flexibility index (Phi) is 11.0. The Morgan fingerprint density at radius 3 is 1.96 bits per heavy atom. The Labute approximate surface area is 176 Å². The molecule has 0 bridgehead atoms. The molecule has 0 aromatic heterocycles. The van der Waals surface area contributed by atoms with E-state index in [1.165, 1.54) is 0 Å². The van der Waals surface area contributed by atoms with E-state index in [1.54, 1.807) is 0 Å². The molecule has 0 aromatic rings. The van der Waals surface area contributed by atoms with Crippen LogP contribution in [0.25, 0.3) is 0 Å². The van der Waals surface area contributed by atoms with Gasteiger partial charge in [0.15, 0.2) is 0 Å². The van der Waals surface area contributed by atoms with Gasteiger partial charge < -0.3 is 14.9 Å². The number of unbranched alkanes of at least 4 members (excludes halogenated alkanes) is 2. The Hall–Kier alpha value is -1.65. The van der Waals surface area contributed by atoms with Crippen molar-refractivity contribution in [2.45, 2.75) is 77.2 Å². The van der Waals surface area contributed by atoms with E-state index in [9.17, 15) is 4.79 Å². The zero-order valence-corrected chi connectivity index (χ0v) is 16.3. The van der Waals surface area contributed by atoms with E-state index in [1.807, 2.05) is 6.92 Å². The van der Waals surface area contributed by atoms with Crippen LogP contribution in [-0.4, -0.2) is 35.5 Å². The molecule has 4 heteroatoms.